The van der Waals surface area contributed by atoms with E-state index < -0.39 is 43.2 Å². The van der Waals surface area contributed by atoms with Gasteiger partial charge in [-0.25, -0.2) is 0 Å². The topological polar surface area (TPSA) is 163 Å². The Morgan fingerprint density at radius 1 is 1.05 bits per heavy atom. The van der Waals surface area contributed by atoms with E-state index >= 15 is 0 Å². The van der Waals surface area contributed by atoms with Gasteiger partial charge in [0.1, 0.15) is 24.4 Å². The largest absolute Gasteiger partial charge is 0.394 e. The molecule has 5 atom stereocenters. The Morgan fingerprint density at radius 3 is 2.45 bits per heavy atom. The Kier molecular flexibility index (Phi) is 13.2. The van der Waals surface area contributed by atoms with Crippen LogP contribution in [0.4, 0.5) is 11.4 Å². The summed E-state index contributed by atoms with van der Waals surface area (Å²) in [6.07, 6.45) is -4.82. The number of aliphatic hydroxyl groups excluding tert-OH is 3. The third-order valence-corrected chi connectivity index (χ3v) is 6.32. The number of carbonyl (C=O) groups excluding carboxylic acids is 1. The lowest BCUT2D eigenvalue weighted by atomic mass is 9.97. The van der Waals surface area contributed by atoms with Crippen molar-refractivity contribution >= 4 is 62.8 Å². The Morgan fingerprint density at radius 2 is 1.75 bits per heavy atom. The maximum absolute atomic E-state index is 11.5. The van der Waals surface area contributed by atoms with Gasteiger partial charge >= 0.3 is 0 Å². The van der Waals surface area contributed by atoms with Crippen LogP contribution in [-0.2, 0) is 23.7 Å². The van der Waals surface area contributed by atoms with Gasteiger partial charge in [0.2, 0.25) is 5.91 Å². The summed E-state index contributed by atoms with van der Waals surface area (Å²) in [5.41, 5.74) is 1.58. The van der Waals surface area contributed by atoms with Gasteiger partial charge in [-0.15, -0.1) is 0 Å². The summed E-state index contributed by atoms with van der Waals surface area (Å²) in [6, 6.07) is 10.5. The molecule has 1 amide bonds. The zero-order valence-corrected chi connectivity index (χ0v) is 23.6. The number of carbonyl (C=O) groups is 1. The molecule has 1 heterocycles. The molecule has 0 bridgehead atoms. The van der Waals surface area contributed by atoms with Crippen molar-refractivity contribution in [1.82, 2.24) is 10.6 Å². The first kappa shape index (κ1) is 31.9. The van der Waals surface area contributed by atoms with Crippen LogP contribution in [0.2, 0.25) is 0 Å². The molecule has 3 rings (SSSR count). The summed E-state index contributed by atoms with van der Waals surface area (Å²) in [5, 5.41) is 43.2. The van der Waals surface area contributed by atoms with Crippen molar-refractivity contribution in [2.24, 2.45) is 4.99 Å². The number of isothiocyanates is 1. The van der Waals surface area contributed by atoms with Gasteiger partial charge in [-0.2, -0.15) is 4.99 Å². The smallest absolute Gasteiger partial charge is 0.217 e. The SMILES string of the molecule is CC(=O)NC1C(O)[C@@H](O)C(CO)O[C@H]1OCCOCCOCCNC(=S)Nc1ccc(N=C=S)c2ccccc12. The molecule has 1 saturated heterocycles. The quantitative estimate of drug-likeness (QED) is 0.104. The van der Waals surface area contributed by atoms with E-state index in [4.69, 9.17) is 43.4 Å². The number of thiocarbonyl (C=S) groups is 2. The molecular formula is C26H34N4O8S2. The predicted molar refractivity (Wildman–Crippen MR) is 156 cm³/mol. The Balaban J connectivity index is 1.29. The molecule has 1 fully saturated rings. The molecule has 12 nitrogen and oxygen atoms in total. The van der Waals surface area contributed by atoms with Crippen LogP contribution in [0.15, 0.2) is 41.4 Å². The van der Waals surface area contributed by atoms with Crippen LogP contribution in [0.25, 0.3) is 10.8 Å². The second-order valence-electron chi connectivity index (χ2n) is 8.79. The molecule has 1 aliphatic rings. The van der Waals surface area contributed by atoms with Crippen LogP contribution in [0.1, 0.15) is 6.92 Å². The summed E-state index contributed by atoms with van der Waals surface area (Å²) in [7, 11) is 0. The standard InChI is InChI=1S/C26H34N4O8S2/c1-16(32)29-22-24(34)23(33)21(14-31)38-25(22)37-13-12-36-11-10-35-9-8-27-26(40)30-20-7-6-19(28-15-39)17-4-2-3-5-18(17)20/h2-7,21-25,31,33-34H,8-14H2,1H3,(H,29,32)(H2,27,30,40)/t21?,22?,23-,24?,25+/m0/s1. The molecule has 2 aromatic carbocycles. The fraction of sp³-hybridized carbons (Fsp3) is 0.500. The van der Waals surface area contributed by atoms with E-state index in [1.807, 2.05) is 36.4 Å². The highest BCUT2D eigenvalue weighted by Gasteiger charge is 2.45. The van der Waals surface area contributed by atoms with Crippen molar-refractivity contribution in [2.45, 2.75) is 37.6 Å². The molecule has 0 radical (unpaired) electrons. The molecule has 218 valence electrons. The van der Waals surface area contributed by atoms with Gasteiger partial charge in [-0.1, -0.05) is 24.3 Å². The summed E-state index contributed by atoms with van der Waals surface area (Å²) < 4.78 is 22.1. The van der Waals surface area contributed by atoms with Crippen molar-refractivity contribution in [2.75, 3.05) is 51.5 Å². The first-order chi connectivity index (χ1) is 19.3. The van der Waals surface area contributed by atoms with Crippen LogP contribution in [0.5, 0.6) is 0 Å². The van der Waals surface area contributed by atoms with E-state index in [-0.39, 0.29) is 13.2 Å². The molecule has 14 heteroatoms. The molecule has 6 N–H and O–H groups in total. The zero-order chi connectivity index (χ0) is 28.9. The number of ether oxygens (including phenoxy) is 4. The minimum atomic E-state index is -1.36. The Bertz CT molecular complexity index is 1180. The van der Waals surface area contributed by atoms with Crippen LogP contribution in [0, 0.1) is 0 Å². The highest BCUT2D eigenvalue weighted by Crippen LogP contribution is 2.31. The van der Waals surface area contributed by atoms with E-state index in [0.717, 1.165) is 22.1 Å². The lowest BCUT2D eigenvalue weighted by molar-refractivity contribution is -0.272. The van der Waals surface area contributed by atoms with Gasteiger partial charge in [0, 0.05) is 29.9 Å². The summed E-state index contributed by atoms with van der Waals surface area (Å²) in [5.74, 6) is -0.421. The molecule has 3 unspecified atom stereocenters. The third kappa shape index (κ3) is 9.21. The second kappa shape index (κ2) is 16.6. The van der Waals surface area contributed by atoms with Crippen molar-refractivity contribution in [1.29, 1.82) is 0 Å². The highest BCUT2D eigenvalue weighted by molar-refractivity contribution is 7.80. The van der Waals surface area contributed by atoms with Gasteiger partial charge in [0.15, 0.2) is 11.4 Å². The molecule has 2 aromatic rings. The molecular weight excluding hydrogens is 560 g/mol. The number of benzene rings is 2. The number of aliphatic imine (C=N–C) groups is 1. The van der Waals surface area contributed by atoms with E-state index in [2.05, 4.69) is 26.1 Å². The van der Waals surface area contributed by atoms with Crippen LogP contribution in [0.3, 0.4) is 0 Å². The van der Waals surface area contributed by atoms with Crippen molar-refractivity contribution in [3.8, 4) is 0 Å². The lowest BCUT2D eigenvalue weighted by Gasteiger charge is -2.42. The normalized spacial score (nSPS) is 22.4. The van der Waals surface area contributed by atoms with E-state index in [1.54, 1.807) is 0 Å². The molecule has 40 heavy (non-hydrogen) atoms. The minimum Gasteiger partial charge on any atom is -0.394 e. The van der Waals surface area contributed by atoms with Gasteiger partial charge in [-0.05, 0) is 36.6 Å². The molecule has 0 spiro atoms. The number of hydrogen-bond donors (Lipinski definition) is 6. The maximum Gasteiger partial charge on any atom is 0.217 e. The number of anilines is 1. The maximum atomic E-state index is 11.5. The van der Waals surface area contributed by atoms with Gasteiger partial charge < -0.3 is 50.2 Å². The average molecular weight is 595 g/mol. The number of nitrogens with one attached hydrogen (secondary N) is 3. The van der Waals surface area contributed by atoms with Gasteiger partial charge in [0.05, 0.1) is 50.5 Å². The fourth-order valence-corrected chi connectivity index (χ4v) is 4.41. The Labute approximate surface area is 242 Å². The monoisotopic (exact) mass is 594 g/mol. The van der Waals surface area contributed by atoms with Gasteiger partial charge in [-0.3, -0.25) is 4.79 Å². The lowest BCUT2D eigenvalue weighted by Crippen LogP contribution is -2.64. The summed E-state index contributed by atoms with van der Waals surface area (Å²) >= 11 is 10.1. The number of aliphatic hydroxyl groups is 3. The average Bonchev–Trinajstić information content (AvgIpc) is 2.94. The minimum absolute atomic E-state index is 0.0940. The van der Waals surface area contributed by atoms with Crippen LogP contribution < -0.4 is 16.0 Å². The third-order valence-electron chi connectivity index (χ3n) is 5.98. The number of nitrogens with zero attached hydrogens (tertiary/aromatic N) is 1. The van der Waals surface area contributed by atoms with Crippen molar-refractivity contribution < 1.29 is 39.1 Å². The molecule has 0 aromatic heterocycles. The first-order valence-electron chi connectivity index (χ1n) is 12.7. The second-order valence-corrected chi connectivity index (χ2v) is 9.38. The van der Waals surface area contributed by atoms with Crippen LogP contribution in [-0.4, -0.2) is 108 Å². The first-order valence-corrected chi connectivity index (χ1v) is 13.5. The van der Waals surface area contributed by atoms with Crippen molar-refractivity contribution in [3.05, 3.63) is 36.4 Å². The molecule has 1 aliphatic heterocycles. The van der Waals surface area contributed by atoms with E-state index in [0.29, 0.717) is 31.5 Å². The van der Waals surface area contributed by atoms with Crippen molar-refractivity contribution in [3.63, 3.8) is 0 Å². The fourth-order valence-electron chi connectivity index (χ4n) is 4.10. The van der Waals surface area contributed by atoms with E-state index in [1.165, 1.54) is 6.92 Å². The molecule has 0 aliphatic carbocycles. The zero-order valence-electron chi connectivity index (χ0n) is 21.9. The summed E-state index contributed by atoms with van der Waals surface area (Å²) in [6.45, 7) is 2.62. The summed E-state index contributed by atoms with van der Waals surface area (Å²) in [4.78, 5) is 15.6. The molecule has 0 saturated carbocycles. The Hall–Kier alpha value is -2.62. The predicted octanol–water partition coefficient (Wildman–Crippen LogP) is 0.854. The van der Waals surface area contributed by atoms with Gasteiger partial charge in [0.25, 0.3) is 0 Å². The highest BCUT2D eigenvalue weighted by atomic mass is 32.1. The number of fused-ring (bicyclic) bond motifs is 1. The number of amides is 1. The van der Waals surface area contributed by atoms with E-state index in [9.17, 15) is 20.1 Å². The number of hydrogen-bond acceptors (Lipinski definition) is 11. The van der Waals surface area contributed by atoms with Crippen LogP contribution >= 0.6 is 24.4 Å². The number of rotatable bonds is 14.